The molecule has 7 nitrogen and oxygen atoms in total. The van der Waals surface area contributed by atoms with E-state index in [1.54, 1.807) is 17.5 Å². The summed E-state index contributed by atoms with van der Waals surface area (Å²) in [4.78, 5) is 41.2. The second-order valence-corrected chi connectivity index (χ2v) is 11.1. The lowest BCUT2D eigenvalue weighted by atomic mass is 9.86. The van der Waals surface area contributed by atoms with Crippen molar-refractivity contribution < 1.29 is 9.59 Å². The van der Waals surface area contributed by atoms with E-state index in [4.69, 9.17) is 4.98 Å². The molecule has 188 valence electrons. The minimum Gasteiger partial charge on any atom is -0.342 e. The summed E-state index contributed by atoms with van der Waals surface area (Å²) in [6.45, 7) is 3.73. The van der Waals surface area contributed by atoms with E-state index in [-0.39, 0.29) is 11.8 Å². The number of amides is 1. The SMILES string of the molecule is Cc1ccnc(Nc2cccc(-c3cnc(CCC4CCN(C(=O)C5CCC(=O)CC5)CC4)s3)n2)c1. The fourth-order valence-corrected chi connectivity index (χ4v) is 6.04. The van der Waals surface area contributed by atoms with Crippen LogP contribution in [0.4, 0.5) is 11.6 Å². The molecule has 5 rings (SSSR count). The van der Waals surface area contributed by atoms with Crippen molar-refractivity contribution in [2.24, 2.45) is 11.8 Å². The van der Waals surface area contributed by atoms with Gasteiger partial charge < -0.3 is 10.2 Å². The molecular formula is C28H33N5O2S. The molecule has 1 aliphatic carbocycles. The number of Topliss-reactive ketones (excluding diaryl/α,β-unsaturated/α-hetero) is 1. The Bertz CT molecular complexity index is 1210. The average Bonchev–Trinajstić information content (AvgIpc) is 3.37. The van der Waals surface area contributed by atoms with Crippen molar-refractivity contribution in [2.75, 3.05) is 18.4 Å². The van der Waals surface area contributed by atoms with E-state index in [9.17, 15) is 9.59 Å². The number of likely N-dealkylation sites (tertiary alicyclic amines) is 1. The summed E-state index contributed by atoms with van der Waals surface area (Å²) in [7, 11) is 0. The molecule has 1 N–H and O–H groups in total. The molecule has 8 heteroatoms. The number of anilines is 2. The molecule has 0 bridgehead atoms. The van der Waals surface area contributed by atoms with Gasteiger partial charge in [-0.1, -0.05) is 6.07 Å². The van der Waals surface area contributed by atoms with Crippen LogP contribution in [-0.2, 0) is 16.0 Å². The second kappa shape index (κ2) is 11.3. The fourth-order valence-electron chi connectivity index (χ4n) is 5.14. The Morgan fingerprint density at radius 3 is 2.67 bits per heavy atom. The van der Waals surface area contributed by atoms with Crippen molar-refractivity contribution in [2.45, 2.75) is 58.3 Å². The molecule has 1 saturated heterocycles. The second-order valence-electron chi connectivity index (χ2n) is 9.99. The summed E-state index contributed by atoms with van der Waals surface area (Å²) in [5.41, 5.74) is 2.06. The molecule has 2 aliphatic rings. The molecule has 0 spiro atoms. The third kappa shape index (κ3) is 6.16. The molecule has 0 unspecified atom stereocenters. The average molecular weight is 504 g/mol. The Kier molecular flexibility index (Phi) is 7.70. The highest BCUT2D eigenvalue weighted by Gasteiger charge is 2.30. The lowest BCUT2D eigenvalue weighted by molar-refractivity contribution is -0.139. The van der Waals surface area contributed by atoms with Crippen molar-refractivity contribution in [1.29, 1.82) is 0 Å². The van der Waals surface area contributed by atoms with Gasteiger partial charge in [-0.2, -0.15) is 0 Å². The summed E-state index contributed by atoms with van der Waals surface area (Å²) < 4.78 is 0. The van der Waals surface area contributed by atoms with Crippen molar-refractivity contribution in [1.82, 2.24) is 19.9 Å². The Morgan fingerprint density at radius 1 is 1.08 bits per heavy atom. The Hall–Kier alpha value is -3.13. The van der Waals surface area contributed by atoms with Crippen LogP contribution >= 0.6 is 11.3 Å². The molecule has 3 aromatic rings. The summed E-state index contributed by atoms with van der Waals surface area (Å²) in [6.07, 6.45) is 10.5. The van der Waals surface area contributed by atoms with Gasteiger partial charge in [-0.25, -0.2) is 15.0 Å². The number of piperidine rings is 1. The van der Waals surface area contributed by atoms with Gasteiger partial charge in [-0.15, -0.1) is 11.3 Å². The molecule has 0 aromatic carbocycles. The van der Waals surface area contributed by atoms with E-state index in [0.29, 0.717) is 24.5 Å². The minimum atomic E-state index is 0.0587. The van der Waals surface area contributed by atoms with Crippen molar-refractivity contribution in [3.8, 4) is 10.6 Å². The standard InChI is InChI=1S/C28H33N5O2S/c1-19-11-14-29-26(17-19)32-25-4-2-3-23(31-25)24-18-30-27(36-24)10-5-20-12-15-33(16-13-20)28(35)21-6-8-22(34)9-7-21/h2-4,11,14,17-18,20-21H,5-10,12-13,15-16H2,1H3,(H,29,31,32). The lowest BCUT2D eigenvalue weighted by Crippen LogP contribution is -2.42. The number of nitrogens with zero attached hydrogens (tertiary/aromatic N) is 4. The highest BCUT2D eigenvalue weighted by atomic mass is 32.1. The van der Waals surface area contributed by atoms with Crippen LogP contribution in [0.3, 0.4) is 0 Å². The Labute approximate surface area is 216 Å². The van der Waals surface area contributed by atoms with Gasteiger partial charge in [0, 0.05) is 44.2 Å². The normalized spacial score (nSPS) is 17.4. The summed E-state index contributed by atoms with van der Waals surface area (Å²) in [6, 6.07) is 9.93. The quantitative estimate of drug-likeness (QED) is 0.453. The molecule has 1 saturated carbocycles. The number of hydrogen-bond donors (Lipinski definition) is 1. The zero-order chi connectivity index (χ0) is 24.9. The summed E-state index contributed by atoms with van der Waals surface area (Å²) in [5.74, 6) is 2.81. The van der Waals surface area contributed by atoms with Crippen LogP contribution in [0.2, 0.25) is 0 Å². The number of ketones is 1. The van der Waals surface area contributed by atoms with Crippen LogP contribution < -0.4 is 5.32 Å². The Morgan fingerprint density at radius 2 is 1.89 bits per heavy atom. The minimum absolute atomic E-state index is 0.0587. The zero-order valence-corrected chi connectivity index (χ0v) is 21.6. The predicted molar refractivity (Wildman–Crippen MR) is 142 cm³/mol. The molecule has 3 aromatic heterocycles. The van der Waals surface area contributed by atoms with E-state index in [0.717, 1.165) is 84.4 Å². The third-order valence-corrected chi connectivity index (χ3v) is 8.39. The number of rotatable bonds is 7. The molecule has 0 atom stereocenters. The number of aromatic nitrogens is 3. The maximum atomic E-state index is 12.8. The molecule has 4 heterocycles. The summed E-state index contributed by atoms with van der Waals surface area (Å²) >= 11 is 1.71. The number of thiazole rings is 1. The van der Waals surface area contributed by atoms with E-state index in [1.807, 2.05) is 48.4 Å². The molecule has 36 heavy (non-hydrogen) atoms. The monoisotopic (exact) mass is 503 g/mol. The topological polar surface area (TPSA) is 88.1 Å². The van der Waals surface area contributed by atoms with Gasteiger partial charge in [-0.3, -0.25) is 9.59 Å². The largest absolute Gasteiger partial charge is 0.342 e. The van der Waals surface area contributed by atoms with Crippen molar-refractivity contribution in [3.63, 3.8) is 0 Å². The van der Waals surface area contributed by atoms with Crippen LogP contribution in [0.25, 0.3) is 10.6 Å². The smallest absolute Gasteiger partial charge is 0.225 e. The molecule has 0 radical (unpaired) electrons. The van der Waals surface area contributed by atoms with E-state index >= 15 is 0 Å². The lowest BCUT2D eigenvalue weighted by Gasteiger charge is -2.35. The van der Waals surface area contributed by atoms with Crippen molar-refractivity contribution in [3.05, 3.63) is 53.3 Å². The molecular weight excluding hydrogens is 470 g/mol. The third-order valence-electron chi connectivity index (χ3n) is 7.31. The number of carbonyl (C=O) groups is 2. The van der Waals surface area contributed by atoms with Crippen LogP contribution in [0.1, 0.15) is 55.5 Å². The van der Waals surface area contributed by atoms with E-state index in [1.165, 1.54) is 0 Å². The number of carbonyl (C=O) groups excluding carboxylic acids is 2. The van der Waals surface area contributed by atoms with Gasteiger partial charge >= 0.3 is 0 Å². The number of aryl methyl sites for hydroxylation is 2. The van der Waals surface area contributed by atoms with Gasteiger partial charge in [0.2, 0.25) is 5.91 Å². The van der Waals surface area contributed by atoms with Crippen molar-refractivity contribution >= 4 is 34.7 Å². The summed E-state index contributed by atoms with van der Waals surface area (Å²) in [5, 5.41) is 4.42. The van der Waals surface area contributed by atoms with E-state index < -0.39 is 0 Å². The maximum absolute atomic E-state index is 12.8. The van der Waals surface area contributed by atoms with Gasteiger partial charge in [-0.05, 0) is 81.2 Å². The zero-order valence-electron chi connectivity index (χ0n) is 20.8. The first kappa shape index (κ1) is 24.6. The highest BCUT2D eigenvalue weighted by Crippen LogP contribution is 2.30. The van der Waals surface area contributed by atoms with Crippen LogP contribution in [-0.4, -0.2) is 44.6 Å². The fraction of sp³-hybridized carbons (Fsp3) is 0.464. The number of pyridine rings is 2. The van der Waals surface area contributed by atoms with Gasteiger partial charge in [0.05, 0.1) is 15.6 Å². The number of hydrogen-bond acceptors (Lipinski definition) is 7. The Balaban J connectivity index is 1.11. The predicted octanol–water partition coefficient (Wildman–Crippen LogP) is 5.58. The first-order chi connectivity index (χ1) is 17.5. The molecule has 1 amide bonds. The van der Waals surface area contributed by atoms with Gasteiger partial charge in [0.1, 0.15) is 17.4 Å². The molecule has 1 aliphatic heterocycles. The first-order valence-electron chi connectivity index (χ1n) is 13.0. The number of nitrogens with one attached hydrogen (secondary N) is 1. The maximum Gasteiger partial charge on any atom is 0.225 e. The first-order valence-corrected chi connectivity index (χ1v) is 13.8. The molecule has 2 fully saturated rings. The van der Waals surface area contributed by atoms with Crippen LogP contribution in [0.5, 0.6) is 0 Å². The van der Waals surface area contributed by atoms with Gasteiger partial charge in [0.25, 0.3) is 0 Å². The van der Waals surface area contributed by atoms with Crippen LogP contribution in [0, 0.1) is 18.8 Å². The van der Waals surface area contributed by atoms with Gasteiger partial charge in [0.15, 0.2) is 0 Å². The van der Waals surface area contributed by atoms with E-state index in [2.05, 4.69) is 15.3 Å². The highest BCUT2D eigenvalue weighted by molar-refractivity contribution is 7.15. The van der Waals surface area contributed by atoms with Crippen LogP contribution in [0.15, 0.2) is 42.7 Å².